The number of para-hydroxylation sites is 1. The summed E-state index contributed by atoms with van der Waals surface area (Å²) in [6.07, 6.45) is 2.77. The number of aryl methyl sites for hydroxylation is 1. The van der Waals surface area contributed by atoms with Crippen molar-refractivity contribution in [3.8, 4) is 5.75 Å². The molecule has 1 aliphatic heterocycles. The van der Waals surface area contributed by atoms with Crippen molar-refractivity contribution in [2.24, 2.45) is 0 Å². The number of hydrogen-bond acceptors (Lipinski definition) is 4. The Morgan fingerprint density at radius 3 is 2.63 bits per heavy atom. The molecule has 0 aromatic heterocycles. The molecule has 38 heavy (non-hydrogen) atoms. The Kier molecular flexibility index (Phi) is 7.75. The third-order valence-electron chi connectivity index (χ3n) is 7.68. The van der Waals surface area contributed by atoms with Crippen LogP contribution in [0.4, 0.5) is 4.39 Å². The zero-order chi connectivity index (χ0) is 26.6. The maximum absolute atomic E-state index is 14.2. The molecule has 196 valence electrons. The lowest BCUT2D eigenvalue weighted by atomic mass is 9.82. The lowest BCUT2D eigenvalue weighted by molar-refractivity contribution is 0.0599. The molecule has 4 nitrogen and oxygen atoms in total. The first-order valence-corrected chi connectivity index (χ1v) is 13.3. The van der Waals surface area contributed by atoms with Crippen molar-refractivity contribution in [2.75, 3.05) is 13.7 Å². The number of methoxy groups -OCH3 is 1. The van der Waals surface area contributed by atoms with Gasteiger partial charge in [0.15, 0.2) is 0 Å². The number of benzene rings is 4. The van der Waals surface area contributed by atoms with Crippen LogP contribution in [0.25, 0.3) is 10.8 Å². The molecule has 0 fully saturated rings. The summed E-state index contributed by atoms with van der Waals surface area (Å²) in [7, 11) is 1.42. The Hall–Kier alpha value is -3.70. The second-order valence-corrected chi connectivity index (χ2v) is 10.1. The van der Waals surface area contributed by atoms with Crippen LogP contribution >= 0.6 is 0 Å². The highest BCUT2D eigenvalue weighted by atomic mass is 19.1. The zero-order valence-electron chi connectivity index (χ0n) is 22.2. The van der Waals surface area contributed by atoms with Crippen LogP contribution in [-0.2, 0) is 4.74 Å². The van der Waals surface area contributed by atoms with Gasteiger partial charge < -0.3 is 14.8 Å². The molecule has 5 heteroatoms. The molecule has 0 aliphatic carbocycles. The van der Waals surface area contributed by atoms with Gasteiger partial charge in [-0.05, 0) is 79.9 Å². The van der Waals surface area contributed by atoms with Gasteiger partial charge in [0, 0.05) is 22.9 Å². The summed E-state index contributed by atoms with van der Waals surface area (Å²) in [5.74, 6) is 0.558. The molecule has 0 bridgehead atoms. The van der Waals surface area contributed by atoms with Gasteiger partial charge in [-0.3, -0.25) is 0 Å². The highest BCUT2D eigenvalue weighted by molar-refractivity contribution is 5.91. The molecule has 4 aromatic rings. The van der Waals surface area contributed by atoms with Crippen molar-refractivity contribution >= 4 is 16.7 Å². The molecule has 0 spiro atoms. The number of fused-ring (bicyclic) bond motifs is 2. The number of ether oxygens (including phenoxy) is 2. The van der Waals surface area contributed by atoms with Gasteiger partial charge in [0.1, 0.15) is 11.6 Å². The standard InChI is InChI=1S/C33H34FNO3/c1-21-14-15-23(19-29(21)33(36)37-3)30-20-24(38-32-13-7-6-12-28(30)32)9-8-18-35-22(2)25-16-17-31(34)27-11-5-4-10-26(25)27/h4-7,10-17,19,22,24,30,35H,8-9,18,20H2,1-3H3/t22?,24-,30-/m0/s1. The lowest BCUT2D eigenvalue weighted by Gasteiger charge is -2.33. The largest absolute Gasteiger partial charge is 0.490 e. The Morgan fingerprint density at radius 1 is 1.05 bits per heavy atom. The zero-order valence-corrected chi connectivity index (χ0v) is 22.2. The third kappa shape index (κ3) is 5.30. The number of nitrogens with one attached hydrogen (secondary N) is 1. The minimum atomic E-state index is -0.310. The highest BCUT2D eigenvalue weighted by Gasteiger charge is 2.29. The molecular weight excluding hydrogens is 477 g/mol. The van der Waals surface area contributed by atoms with Crippen LogP contribution in [0.1, 0.15) is 70.8 Å². The Morgan fingerprint density at radius 2 is 1.82 bits per heavy atom. The quantitative estimate of drug-likeness (QED) is 0.197. The highest BCUT2D eigenvalue weighted by Crippen LogP contribution is 2.41. The first-order chi connectivity index (χ1) is 18.5. The molecule has 5 rings (SSSR count). The summed E-state index contributed by atoms with van der Waals surface area (Å²) in [5, 5.41) is 5.22. The van der Waals surface area contributed by atoms with Crippen LogP contribution in [0, 0.1) is 12.7 Å². The fourth-order valence-electron chi connectivity index (χ4n) is 5.59. The first-order valence-electron chi connectivity index (χ1n) is 13.3. The van der Waals surface area contributed by atoms with Crippen molar-refractivity contribution in [1.82, 2.24) is 5.32 Å². The van der Waals surface area contributed by atoms with Gasteiger partial charge in [0.2, 0.25) is 0 Å². The number of carbonyl (C=O) groups excluding carboxylic acids is 1. The monoisotopic (exact) mass is 511 g/mol. The molecule has 3 atom stereocenters. The number of carbonyl (C=O) groups is 1. The van der Waals surface area contributed by atoms with Crippen LogP contribution in [-0.4, -0.2) is 25.7 Å². The molecule has 0 amide bonds. The lowest BCUT2D eigenvalue weighted by Crippen LogP contribution is -2.28. The molecule has 0 radical (unpaired) electrons. The van der Waals surface area contributed by atoms with E-state index >= 15 is 0 Å². The minimum absolute atomic E-state index is 0.0709. The average Bonchev–Trinajstić information content (AvgIpc) is 2.95. The minimum Gasteiger partial charge on any atom is -0.490 e. The molecule has 0 saturated carbocycles. The van der Waals surface area contributed by atoms with Crippen LogP contribution in [0.2, 0.25) is 0 Å². The summed E-state index contributed by atoms with van der Waals surface area (Å²) >= 11 is 0. The van der Waals surface area contributed by atoms with Gasteiger partial charge >= 0.3 is 5.97 Å². The average molecular weight is 512 g/mol. The molecule has 0 saturated heterocycles. The van der Waals surface area contributed by atoms with Crippen molar-refractivity contribution < 1.29 is 18.7 Å². The third-order valence-corrected chi connectivity index (χ3v) is 7.68. The van der Waals surface area contributed by atoms with Crippen molar-refractivity contribution in [3.63, 3.8) is 0 Å². The SMILES string of the molecule is COC(=O)c1cc([C@@H]2C[C@H](CCCNC(C)c3ccc(F)c4ccccc34)Oc3ccccc32)ccc1C. The number of halogens is 1. The molecule has 1 N–H and O–H groups in total. The van der Waals surface area contributed by atoms with E-state index in [0.29, 0.717) is 10.9 Å². The van der Waals surface area contributed by atoms with E-state index in [9.17, 15) is 9.18 Å². The van der Waals surface area contributed by atoms with Gasteiger partial charge in [-0.25, -0.2) is 9.18 Å². The number of rotatable bonds is 8. The van der Waals surface area contributed by atoms with E-state index in [1.165, 1.54) is 7.11 Å². The van der Waals surface area contributed by atoms with Gasteiger partial charge in [0.05, 0.1) is 18.8 Å². The van der Waals surface area contributed by atoms with Gasteiger partial charge in [-0.1, -0.05) is 60.7 Å². The second kappa shape index (κ2) is 11.4. The van der Waals surface area contributed by atoms with Crippen LogP contribution in [0.5, 0.6) is 5.75 Å². The normalized spacial score (nSPS) is 17.5. The summed E-state index contributed by atoms with van der Waals surface area (Å²) in [6.45, 7) is 4.88. The summed E-state index contributed by atoms with van der Waals surface area (Å²) in [4.78, 5) is 12.3. The van der Waals surface area contributed by atoms with E-state index in [4.69, 9.17) is 9.47 Å². The van der Waals surface area contributed by atoms with E-state index in [0.717, 1.165) is 59.2 Å². The van der Waals surface area contributed by atoms with Crippen molar-refractivity contribution in [3.05, 3.63) is 112 Å². The predicted molar refractivity (Wildman–Crippen MR) is 149 cm³/mol. The first kappa shape index (κ1) is 25.9. The van der Waals surface area contributed by atoms with E-state index in [2.05, 4.69) is 24.4 Å². The summed E-state index contributed by atoms with van der Waals surface area (Å²) < 4.78 is 25.7. The van der Waals surface area contributed by atoms with E-state index in [1.807, 2.05) is 67.6 Å². The van der Waals surface area contributed by atoms with Gasteiger partial charge in [-0.15, -0.1) is 0 Å². The molecule has 4 aromatic carbocycles. The fraction of sp³-hybridized carbons (Fsp3) is 0.303. The maximum Gasteiger partial charge on any atom is 0.338 e. The van der Waals surface area contributed by atoms with Crippen LogP contribution in [0.15, 0.2) is 78.9 Å². The summed E-state index contributed by atoms with van der Waals surface area (Å²) in [5.41, 5.74) is 4.87. The Bertz CT molecular complexity index is 1450. The van der Waals surface area contributed by atoms with Crippen LogP contribution < -0.4 is 10.1 Å². The fourth-order valence-corrected chi connectivity index (χ4v) is 5.59. The van der Waals surface area contributed by atoms with Crippen LogP contribution in [0.3, 0.4) is 0 Å². The predicted octanol–water partition coefficient (Wildman–Crippen LogP) is 7.49. The molecule has 1 unspecified atom stereocenters. The summed E-state index contributed by atoms with van der Waals surface area (Å²) in [6, 6.07) is 25.4. The molecular formula is C33H34FNO3. The molecule has 1 heterocycles. The second-order valence-electron chi connectivity index (χ2n) is 10.1. The van der Waals surface area contributed by atoms with Gasteiger partial charge in [0.25, 0.3) is 0 Å². The van der Waals surface area contributed by atoms with Crippen molar-refractivity contribution in [1.29, 1.82) is 0 Å². The number of esters is 1. The van der Waals surface area contributed by atoms with Crippen molar-refractivity contribution in [2.45, 2.75) is 51.2 Å². The topological polar surface area (TPSA) is 47.6 Å². The van der Waals surface area contributed by atoms with E-state index < -0.39 is 0 Å². The van der Waals surface area contributed by atoms with E-state index in [-0.39, 0.29) is 29.9 Å². The Balaban J connectivity index is 1.26. The Labute approximate surface area is 223 Å². The van der Waals surface area contributed by atoms with E-state index in [1.54, 1.807) is 6.07 Å². The smallest absolute Gasteiger partial charge is 0.338 e. The molecule has 1 aliphatic rings. The van der Waals surface area contributed by atoms with Gasteiger partial charge in [-0.2, -0.15) is 0 Å². The number of hydrogen-bond donors (Lipinski definition) is 1. The maximum atomic E-state index is 14.2.